The second-order valence-corrected chi connectivity index (χ2v) is 5.13. The van der Waals surface area contributed by atoms with Gasteiger partial charge < -0.3 is 16.2 Å². The Morgan fingerprint density at radius 3 is 2.38 bits per heavy atom. The highest BCUT2D eigenvalue weighted by Gasteiger charge is 2.56. The molecule has 16 heavy (non-hydrogen) atoms. The number of halogens is 3. The predicted octanol–water partition coefficient (Wildman–Crippen LogP) is 0.771. The molecule has 2 unspecified atom stereocenters. The Morgan fingerprint density at radius 2 is 1.94 bits per heavy atom. The molecule has 1 heterocycles. The zero-order chi connectivity index (χ0) is 12.0. The van der Waals surface area contributed by atoms with E-state index < -0.39 is 23.2 Å². The average molecular weight is 238 g/mol. The van der Waals surface area contributed by atoms with Crippen molar-refractivity contribution in [3.8, 4) is 0 Å². The summed E-state index contributed by atoms with van der Waals surface area (Å²) in [6.45, 7) is 0.794. The highest BCUT2D eigenvalue weighted by molar-refractivity contribution is 5.13. The molecule has 1 aliphatic carbocycles. The second-order valence-electron chi connectivity index (χ2n) is 5.13. The Morgan fingerprint density at radius 1 is 1.31 bits per heavy atom. The number of aliphatic hydroxyl groups is 1. The van der Waals surface area contributed by atoms with Crippen LogP contribution < -0.4 is 11.1 Å². The molecule has 0 radical (unpaired) electrons. The first-order chi connectivity index (χ1) is 7.27. The van der Waals surface area contributed by atoms with Crippen molar-refractivity contribution in [2.24, 2.45) is 11.7 Å². The van der Waals surface area contributed by atoms with Crippen LogP contribution >= 0.6 is 0 Å². The lowest BCUT2D eigenvalue weighted by Gasteiger charge is -2.54. The van der Waals surface area contributed by atoms with E-state index in [0.717, 1.165) is 0 Å². The number of nitrogens with two attached hydrogens (primary N) is 1. The summed E-state index contributed by atoms with van der Waals surface area (Å²) >= 11 is 0. The summed E-state index contributed by atoms with van der Waals surface area (Å²) in [5.74, 6) is -1.41. The van der Waals surface area contributed by atoms with Crippen LogP contribution in [0, 0.1) is 5.92 Å². The van der Waals surface area contributed by atoms with Gasteiger partial charge in [0.25, 0.3) is 0 Å². The van der Waals surface area contributed by atoms with Crippen molar-refractivity contribution in [3.05, 3.63) is 0 Å². The average Bonchev–Trinajstić information content (AvgIpc) is 2.12. The summed E-state index contributed by atoms with van der Waals surface area (Å²) in [6, 6.07) is 0. The van der Waals surface area contributed by atoms with E-state index in [9.17, 15) is 18.3 Å². The third-order valence-corrected chi connectivity index (χ3v) is 4.00. The first-order valence-corrected chi connectivity index (χ1v) is 5.56. The smallest absolute Gasteiger partial charge is 0.388 e. The molecular formula is C10H17F3N2O. The first-order valence-electron chi connectivity index (χ1n) is 5.56. The van der Waals surface area contributed by atoms with Crippen LogP contribution in [-0.4, -0.2) is 35.5 Å². The van der Waals surface area contributed by atoms with E-state index in [1.165, 1.54) is 0 Å². The molecule has 4 N–H and O–H groups in total. The van der Waals surface area contributed by atoms with E-state index >= 15 is 0 Å². The van der Waals surface area contributed by atoms with Crippen molar-refractivity contribution in [2.45, 2.75) is 43.0 Å². The largest absolute Gasteiger partial charge is 0.391 e. The van der Waals surface area contributed by atoms with Crippen molar-refractivity contribution >= 4 is 0 Å². The molecule has 1 saturated heterocycles. The molecule has 6 heteroatoms. The van der Waals surface area contributed by atoms with Crippen LogP contribution in [0.5, 0.6) is 0 Å². The van der Waals surface area contributed by atoms with Gasteiger partial charge in [-0.15, -0.1) is 0 Å². The Bertz CT molecular complexity index is 278. The van der Waals surface area contributed by atoms with E-state index in [0.29, 0.717) is 25.9 Å². The molecule has 0 aromatic carbocycles. The van der Waals surface area contributed by atoms with Crippen molar-refractivity contribution in [1.82, 2.24) is 5.32 Å². The normalized spacial score (nSPS) is 39.2. The predicted molar refractivity (Wildman–Crippen MR) is 52.8 cm³/mol. The van der Waals surface area contributed by atoms with Crippen molar-refractivity contribution < 1.29 is 18.3 Å². The van der Waals surface area contributed by atoms with Crippen LogP contribution in [0.4, 0.5) is 13.2 Å². The molecule has 1 aliphatic heterocycles. The minimum Gasteiger partial charge on any atom is -0.388 e. The van der Waals surface area contributed by atoms with Gasteiger partial charge in [-0.2, -0.15) is 13.2 Å². The van der Waals surface area contributed by atoms with Gasteiger partial charge in [-0.1, -0.05) is 0 Å². The van der Waals surface area contributed by atoms with E-state index in [-0.39, 0.29) is 12.8 Å². The number of nitrogens with one attached hydrogen (secondary N) is 1. The number of alkyl halides is 3. The summed E-state index contributed by atoms with van der Waals surface area (Å²) in [6.07, 6.45) is -3.61. The van der Waals surface area contributed by atoms with Crippen molar-refractivity contribution in [1.29, 1.82) is 0 Å². The molecular weight excluding hydrogens is 221 g/mol. The van der Waals surface area contributed by atoms with E-state index in [2.05, 4.69) is 5.32 Å². The van der Waals surface area contributed by atoms with Gasteiger partial charge in [0.05, 0.1) is 17.1 Å². The maximum Gasteiger partial charge on any atom is 0.391 e. The van der Waals surface area contributed by atoms with Crippen molar-refractivity contribution in [2.75, 3.05) is 13.1 Å². The number of rotatable bonds is 1. The van der Waals surface area contributed by atoms with Crippen LogP contribution in [0.2, 0.25) is 0 Å². The maximum atomic E-state index is 12.6. The van der Waals surface area contributed by atoms with Crippen LogP contribution in [0.15, 0.2) is 0 Å². The van der Waals surface area contributed by atoms with Crippen LogP contribution in [0.1, 0.15) is 25.7 Å². The number of hydrogen-bond acceptors (Lipinski definition) is 3. The molecule has 0 amide bonds. The third kappa shape index (κ3) is 1.83. The van der Waals surface area contributed by atoms with Gasteiger partial charge in [-0.05, 0) is 25.7 Å². The van der Waals surface area contributed by atoms with E-state index in [1.807, 2.05) is 0 Å². The Kier molecular flexibility index (Phi) is 2.72. The lowest BCUT2D eigenvalue weighted by molar-refractivity contribution is -0.211. The zero-order valence-electron chi connectivity index (χ0n) is 8.98. The molecule has 2 aliphatic rings. The monoisotopic (exact) mass is 238 g/mol. The van der Waals surface area contributed by atoms with Crippen molar-refractivity contribution in [3.63, 3.8) is 0 Å². The minimum absolute atomic E-state index is 0.106. The van der Waals surface area contributed by atoms with Gasteiger partial charge in [0.15, 0.2) is 0 Å². The number of hydrogen-bond donors (Lipinski definition) is 3. The minimum atomic E-state index is -4.22. The highest BCUT2D eigenvalue weighted by atomic mass is 19.4. The van der Waals surface area contributed by atoms with Gasteiger partial charge in [0.2, 0.25) is 0 Å². The molecule has 94 valence electrons. The maximum absolute atomic E-state index is 12.6. The van der Waals surface area contributed by atoms with E-state index in [4.69, 9.17) is 5.73 Å². The summed E-state index contributed by atoms with van der Waals surface area (Å²) in [5, 5.41) is 13.2. The van der Waals surface area contributed by atoms with Gasteiger partial charge in [0.1, 0.15) is 0 Å². The second kappa shape index (κ2) is 3.58. The first kappa shape index (κ1) is 12.1. The third-order valence-electron chi connectivity index (χ3n) is 4.00. The van der Waals surface area contributed by atoms with Gasteiger partial charge in [0, 0.05) is 13.1 Å². The molecule has 2 rings (SSSR count). The van der Waals surface area contributed by atoms with Crippen LogP contribution in [0.25, 0.3) is 0 Å². The highest BCUT2D eigenvalue weighted by Crippen LogP contribution is 2.45. The molecule has 0 spiro atoms. The standard InChI is InChI=1S/C10H17F3N2O/c11-10(12,13)7-2-1-3-9(16,4-7)8(14)5-15-6-8/h7,15-16H,1-6,14H2. The fourth-order valence-electron chi connectivity index (χ4n) is 2.71. The van der Waals surface area contributed by atoms with Gasteiger partial charge in [-0.3, -0.25) is 0 Å². The SMILES string of the molecule is NC1(C2(O)CCCC(C(F)(F)F)C2)CNC1. The fourth-order valence-corrected chi connectivity index (χ4v) is 2.71. The Hall–Kier alpha value is -0.330. The molecule has 2 fully saturated rings. The zero-order valence-corrected chi connectivity index (χ0v) is 8.98. The van der Waals surface area contributed by atoms with E-state index in [1.54, 1.807) is 0 Å². The lowest BCUT2D eigenvalue weighted by atomic mass is 9.65. The molecule has 0 aromatic heterocycles. The fraction of sp³-hybridized carbons (Fsp3) is 1.00. The molecule has 2 atom stereocenters. The summed E-state index contributed by atoms with van der Waals surface area (Å²) < 4.78 is 37.9. The summed E-state index contributed by atoms with van der Waals surface area (Å²) in [4.78, 5) is 0. The lowest BCUT2D eigenvalue weighted by Crippen LogP contribution is -2.77. The molecule has 0 aromatic rings. The molecule has 0 bridgehead atoms. The summed E-state index contributed by atoms with van der Waals surface area (Å²) in [5.41, 5.74) is 3.70. The Balaban J connectivity index is 2.11. The van der Waals surface area contributed by atoms with Gasteiger partial charge >= 0.3 is 6.18 Å². The Labute approximate surface area is 92.2 Å². The van der Waals surface area contributed by atoms with Gasteiger partial charge in [-0.25, -0.2) is 0 Å². The molecule has 3 nitrogen and oxygen atoms in total. The summed E-state index contributed by atoms with van der Waals surface area (Å²) in [7, 11) is 0. The van der Waals surface area contributed by atoms with Crippen LogP contribution in [0.3, 0.4) is 0 Å². The molecule has 1 saturated carbocycles. The topological polar surface area (TPSA) is 58.3 Å². The quantitative estimate of drug-likeness (QED) is 0.632. The van der Waals surface area contributed by atoms with Crippen LogP contribution in [-0.2, 0) is 0 Å².